The second-order valence-corrected chi connectivity index (χ2v) is 4.90. The van der Waals surface area contributed by atoms with Crippen LogP contribution in [-0.4, -0.2) is 39.4 Å². The van der Waals surface area contributed by atoms with Gasteiger partial charge in [0.15, 0.2) is 0 Å². The molecule has 0 aliphatic carbocycles. The summed E-state index contributed by atoms with van der Waals surface area (Å²) in [4.78, 5) is 13.3. The summed E-state index contributed by atoms with van der Waals surface area (Å²) in [6.07, 6.45) is 2.08. The molecule has 5 nitrogen and oxygen atoms in total. The molecule has 1 aromatic rings. The zero-order valence-corrected chi connectivity index (χ0v) is 11.7. The first-order valence-electron chi connectivity index (χ1n) is 6.53. The maximum Gasteiger partial charge on any atom is 0.340 e. The Kier molecular flexibility index (Phi) is 4.44. The number of benzene rings is 1. The van der Waals surface area contributed by atoms with E-state index in [0.717, 1.165) is 25.5 Å². The van der Waals surface area contributed by atoms with Gasteiger partial charge in [0, 0.05) is 25.9 Å². The van der Waals surface area contributed by atoms with Crippen molar-refractivity contribution < 1.29 is 18.7 Å². The van der Waals surface area contributed by atoms with Crippen molar-refractivity contribution >= 4 is 17.3 Å². The summed E-state index contributed by atoms with van der Waals surface area (Å²) in [5.74, 6) is -1.04. The van der Waals surface area contributed by atoms with Gasteiger partial charge in [0.1, 0.15) is 5.82 Å². The highest BCUT2D eigenvalue weighted by molar-refractivity contribution is 5.96. The van der Waals surface area contributed by atoms with Crippen molar-refractivity contribution in [1.82, 2.24) is 0 Å². The predicted octanol–water partition coefficient (Wildman–Crippen LogP) is 1.81. The number of carbonyl (C=O) groups is 1. The third-order valence-corrected chi connectivity index (χ3v) is 3.44. The standard InChI is InChI=1S/C14H19FN2O3/c1-17(8-9-4-3-5-20-9)13-6-10(14(18)19-2)12(16)7-11(13)15/h6-7,9H,3-5,8,16H2,1-2H3. The Labute approximate surface area is 117 Å². The average Bonchev–Trinajstić information content (AvgIpc) is 2.90. The van der Waals surface area contributed by atoms with Gasteiger partial charge in [-0.05, 0) is 25.0 Å². The maximum absolute atomic E-state index is 14.0. The van der Waals surface area contributed by atoms with Crippen LogP contribution in [0.15, 0.2) is 12.1 Å². The Balaban J connectivity index is 2.23. The highest BCUT2D eigenvalue weighted by Crippen LogP contribution is 2.26. The molecule has 0 bridgehead atoms. The van der Waals surface area contributed by atoms with Crippen LogP contribution in [0.25, 0.3) is 0 Å². The van der Waals surface area contributed by atoms with Crippen molar-refractivity contribution in [1.29, 1.82) is 0 Å². The zero-order chi connectivity index (χ0) is 14.7. The average molecular weight is 282 g/mol. The molecular weight excluding hydrogens is 263 g/mol. The van der Waals surface area contributed by atoms with Crippen molar-refractivity contribution in [3.8, 4) is 0 Å². The lowest BCUT2D eigenvalue weighted by molar-refractivity contribution is 0.0602. The number of methoxy groups -OCH3 is 1. The van der Waals surface area contributed by atoms with Gasteiger partial charge >= 0.3 is 5.97 Å². The van der Waals surface area contributed by atoms with Gasteiger partial charge in [0.2, 0.25) is 0 Å². The fourth-order valence-electron chi connectivity index (χ4n) is 2.35. The van der Waals surface area contributed by atoms with Crippen molar-refractivity contribution in [3.05, 3.63) is 23.5 Å². The van der Waals surface area contributed by atoms with Crippen molar-refractivity contribution in [2.75, 3.05) is 37.9 Å². The highest BCUT2D eigenvalue weighted by Gasteiger charge is 2.21. The van der Waals surface area contributed by atoms with Crippen LogP contribution in [0, 0.1) is 5.82 Å². The largest absolute Gasteiger partial charge is 0.465 e. The van der Waals surface area contributed by atoms with Crippen LogP contribution < -0.4 is 10.6 Å². The van der Waals surface area contributed by atoms with Gasteiger partial charge in [-0.15, -0.1) is 0 Å². The van der Waals surface area contributed by atoms with Gasteiger partial charge in [0.05, 0.1) is 24.5 Å². The van der Waals surface area contributed by atoms with Crippen LogP contribution in [0.2, 0.25) is 0 Å². The molecular formula is C14H19FN2O3. The first-order valence-corrected chi connectivity index (χ1v) is 6.53. The summed E-state index contributed by atoms with van der Waals surface area (Å²) in [5.41, 5.74) is 6.20. The van der Waals surface area contributed by atoms with Crippen LogP contribution in [0.4, 0.5) is 15.8 Å². The minimum absolute atomic E-state index is 0.0728. The monoisotopic (exact) mass is 282 g/mol. The molecule has 1 aliphatic rings. The number of halogens is 1. The Morgan fingerprint density at radius 3 is 2.95 bits per heavy atom. The fraction of sp³-hybridized carbons (Fsp3) is 0.500. The third-order valence-electron chi connectivity index (χ3n) is 3.44. The number of anilines is 2. The molecule has 1 atom stereocenters. The molecule has 0 radical (unpaired) electrons. The van der Waals surface area contributed by atoms with Gasteiger partial charge in [-0.25, -0.2) is 9.18 Å². The molecule has 1 fully saturated rings. The lowest BCUT2D eigenvalue weighted by atomic mass is 10.1. The first kappa shape index (κ1) is 14.6. The number of esters is 1. The van der Waals surface area contributed by atoms with E-state index in [-0.39, 0.29) is 17.4 Å². The molecule has 0 spiro atoms. The quantitative estimate of drug-likeness (QED) is 0.674. The molecule has 110 valence electrons. The van der Waals surface area contributed by atoms with Gasteiger partial charge < -0.3 is 20.1 Å². The smallest absolute Gasteiger partial charge is 0.340 e. The number of ether oxygens (including phenoxy) is 2. The molecule has 6 heteroatoms. The third kappa shape index (κ3) is 3.01. The van der Waals surface area contributed by atoms with Crippen molar-refractivity contribution in [2.24, 2.45) is 0 Å². The topological polar surface area (TPSA) is 64.8 Å². The van der Waals surface area contributed by atoms with Crippen LogP contribution in [-0.2, 0) is 9.47 Å². The van der Waals surface area contributed by atoms with E-state index in [9.17, 15) is 9.18 Å². The number of nitrogens with two attached hydrogens (primary N) is 1. The van der Waals surface area contributed by atoms with E-state index in [1.807, 2.05) is 0 Å². The summed E-state index contributed by atoms with van der Waals surface area (Å²) in [7, 11) is 3.03. The number of hydrogen-bond acceptors (Lipinski definition) is 5. The molecule has 1 aliphatic heterocycles. The normalized spacial score (nSPS) is 18.1. The lowest BCUT2D eigenvalue weighted by Crippen LogP contribution is -2.29. The van der Waals surface area contributed by atoms with Gasteiger partial charge in [-0.1, -0.05) is 0 Å². The molecule has 0 aromatic heterocycles. The second-order valence-electron chi connectivity index (χ2n) is 4.90. The van der Waals surface area contributed by atoms with Crippen molar-refractivity contribution in [3.63, 3.8) is 0 Å². The maximum atomic E-state index is 14.0. The number of carbonyl (C=O) groups excluding carboxylic acids is 1. The number of likely N-dealkylation sites (N-methyl/N-ethyl adjacent to an activating group) is 1. The number of hydrogen-bond donors (Lipinski definition) is 1. The van der Waals surface area contributed by atoms with Gasteiger partial charge in [0.25, 0.3) is 0 Å². The zero-order valence-electron chi connectivity index (χ0n) is 11.7. The summed E-state index contributed by atoms with van der Waals surface area (Å²) in [6.45, 7) is 1.32. The van der Waals surface area contributed by atoms with E-state index in [1.54, 1.807) is 11.9 Å². The summed E-state index contributed by atoms with van der Waals surface area (Å²) < 4.78 is 24.2. The van der Waals surface area contributed by atoms with Crippen LogP contribution in [0.1, 0.15) is 23.2 Å². The minimum Gasteiger partial charge on any atom is -0.465 e. The highest BCUT2D eigenvalue weighted by atomic mass is 19.1. The second kappa shape index (κ2) is 6.09. The Hall–Kier alpha value is -1.82. The lowest BCUT2D eigenvalue weighted by Gasteiger charge is -2.24. The molecule has 1 heterocycles. The number of rotatable bonds is 4. The molecule has 1 unspecified atom stereocenters. The van der Waals surface area contributed by atoms with Gasteiger partial charge in [-0.2, -0.15) is 0 Å². The van der Waals surface area contributed by atoms with E-state index in [4.69, 9.17) is 10.5 Å². The molecule has 2 rings (SSSR count). The predicted molar refractivity (Wildman–Crippen MR) is 74.4 cm³/mol. The SMILES string of the molecule is COC(=O)c1cc(N(C)CC2CCCO2)c(F)cc1N. The van der Waals surface area contributed by atoms with E-state index < -0.39 is 11.8 Å². The fourth-order valence-corrected chi connectivity index (χ4v) is 2.35. The molecule has 20 heavy (non-hydrogen) atoms. The van der Waals surface area contributed by atoms with Crippen LogP contribution >= 0.6 is 0 Å². The van der Waals surface area contributed by atoms with E-state index >= 15 is 0 Å². The molecule has 0 saturated carbocycles. The Morgan fingerprint density at radius 2 is 2.35 bits per heavy atom. The summed E-state index contributed by atoms with van der Waals surface area (Å²) >= 11 is 0. The summed E-state index contributed by atoms with van der Waals surface area (Å²) in [6, 6.07) is 2.57. The summed E-state index contributed by atoms with van der Waals surface area (Å²) in [5, 5.41) is 0. The Bertz CT molecular complexity index is 501. The molecule has 1 aromatic carbocycles. The number of nitrogens with zero attached hydrogens (tertiary/aromatic N) is 1. The van der Waals surface area contributed by atoms with Crippen molar-refractivity contribution in [2.45, 2.75) is 18.9 Å². The van der Waals surface area contributed by atoms with E-state index in [0.29, 0.717) is 12.2 Å². The van der Waals surface area contributed by atoms with E-state index in [2.05, 4.69) is 4.74 Å². The molecule has 1 saturated heterocycles. The van der Waals surface area contributed by atoms with Crippen LogP contribution in [0.5, 0.6) is 0 Å². The van der Waals surface area contributed by atoms with E-state index in [1.165, 1.54) is 13.2 Å². The first-order chi connectivity index (χ1) is 9.52. The van der Waals surface area contributed by atoms with Crippen LogP contribution in [0.3, 0.4) is 0 Å². The van der Waals surface area contributed by atoms with Gasteiger partial charge in [-0.3, -0.25) is 0 Å². The molecule has 0 amide bonds. The Morgan fingerprint density at radius 1 is 1.60 bits per heavy atom. The minimum atomic E-state index is -0.575. The number of nitrogen functional groups attached to an aromatic ring is 1. The molecule has 2 N–H and O–H groups in total.